The van der Waals surface area contributed by atoms with Crippen LogP contribution in [0.4, 0.5) is 5.69 Å². The topological polar surface area (TPSA) is 20.3 Å². The molecule has 0 heterocycles. The molecule has 2 heteroatoms. The lowest BCUT2D eigenvalue weighted by Crippen LogP contribution is -2.27. The number of hydrogen-bond acceptors (Lipinski definition) is 1. The van der Waals surface area contributed by atoms with E-state index in [1.165, 1.54) is 5.56 Å². The van der Waals surface area contributed by atoms with E-state index in [4.69, 9.17) is 0 Å². The first-order valence-electron chi connectivity index (χ1n) is 4.94. The first-order valence-corrected chi connectivity index (χ1v) is 4.94. The smallest absolute Gasteiger partial charge is 0.253 e. The Labute approximate surface area is 91.2 Å². The number of anilines is 1. The fraction of sp³-hybridized carbons (Fsp3) is 0.308. The SMILES string of the molecule is C=C(C)C(=O)N(C)c1ccc(C)cc1C. The molecule has 0 saturated heterocycles. The van der Waals surface area contributed by atoms with E-state index in [9.17, 15) is 4.79 Å². The molecule has 1 aromatic rings. The molecule has 15 heavy (non-hydrogen) atoms. The summed E-state index contributed by atoms with van der Waals surface area (Å²) in [6.07, 6.45) is 0. The minimum atomic E-state index is -0.0399. The van der Waals surface area contributed by atoms with Crippen molar-refractivity contribution in [3.8, 4) is 0 Å². The number of hydrogen-bond donors (Lipinski definition) is 0. The van der Waals surface area contributed by atoms with Gasteiger partial charge in [-0.05, 0) is 32.4 Å². The predicted molar refractivity (Wildman–Crippen MR) is 64.1 cm³/mol. The fourth-order valence-corrected chi connectivity index (χ4v) is 1.58. The van der Waals surface area contributed by atoms with E-state index in [0.717, 1.165) is 11.3 Å². The zero-order valence-electron chi connectivity index (χ0n) is 9.79. The predicted octanol–water partition coefficient (Wildman–Crippen LogP) is 2.84. The summed E-state index contributed by atoms with van der Waals surface area (Å²) in [4.78, 5) is 13.3. The van der Waals surface area contributed by atoms with Crippen molar-refractivity contribution in [2.75, 3.05) is 11.9 Å². The van der Waals surface area contributed by atoms with Crippen LogP contribution in [0.5, 0.6) is 0 Å². The van der Waals surface area contributed by atoms with Crippen LogP contribution >= 0.6 is 0 Å². The van der Waals surface area contributed by atoms with Crippen LogP contribution in [0.2, 0.25) is 0 Å². The van der Waals surface area contributed by atoms with Gasteiger partial charge in [0.05, 0.1) is 0 Å². The van der Waals surface area contributed by atoms with Crippen LogP contribution in [0.15, 0.2) is 30.4 Å². The first-order chi connectivity index (χ1) is 6.93. The number of carbonyl (C=O) groups excluding carboxylic acids is 1. The zero-order chi connectivity index (χ0) is 11.6. The summed E-state index contributed by atoms with van der Waals surface area (Å²) in [5.74, 6) is -0.0399. The Bertz CT molecular complexity index is 407. The molecule has 0 N–H and O–H groups in total. The van der Waals surface area contributed by atoms with E-state index in [0.29, 0.717) is 5.57 Å². The second kappa shape index (κ2) is 4.30. The van der Waals surface area contributed by atoms with Crippen LogP contribution in [0, 0.1) is 13.8 Å². The molecule has 1 rings (SSSR count). The van der Waals surface area contributed by atoms with E-state index >= 15 is 0 Å². The van der Waals surface area contributed by atoms with Crippen LogP contribution < -0.4 is 4.90 Å². The third-order valence-electron chi connectivity index (χ3n) is 2.38. The number of carbonyl (C=O) groups is 1. The van der Waals surface area contributed by atoms with Gasteiger partial charge in [0.1, 0.15) is 0 Å². The van der Waals surface area contributed by atoms with Crippen molar-refractivity contribution in [2.24, 2.45) is 0 Å². The summed E-state index contributed by atoms with van der Waals surface area (Å²) >= 11 is 0. The number of rotatable bonds is 2. The highest BCUT2D eigenvalue weighted by atomic mass is 16.2. The Morgan fingerprint density at radius 1 is 1.33 bits per heavy atom. The average molecular weight is 203 g/mol. The zero-order valence-corrected chi connectivity index (χ0v) is 9.79. The molecule has 0 aliphatic carbocycles. The van der Waals surface area contributed by atoms with Gasteiger partial charge in [0.2, 0.25) is 0 Å². The van der Waals surface area contributed by atoms with E-state index < -0.39 is 0 Å². The molecule has 0 fully saturated rings. The molecule has 0 bridgehead atoms. The molecule has 0 saturated carbocycles. The molecule has 80 valence electrons. The van der Waals surface area contributed by atoms with Crippen LogP contribution in [0.3, 0.4) is 0 Å². The minimum absolute atomic E-state index is 0.0399. The molecule has 1 aromatic carbocycles. The van der Waals surface area contributed by atoms with E-state index in [1.807, 2.05) is 26.0 Å². The van der Waals surface area contributed by atoms with Crippen molar-refractivity contribution in [1.82, 2.24) is 0 Å². The number of nitrogens with zero attached hydrogens (tertiary/aromatic N) is 1. The summed E-state index contributed by atoms with van der Waals surface area (Å²) in [7, 11) is 1.77. The quantitative estimate of drug-likeness (QED) is 0.677. The molecule has 1 amide bonds. The van der Waals surface area contributed by atoms with Gasteiger partial charge < -0.3 is 4.90 Å². The lowest BCUT2D eigenvalue weighted by molar-refractivity contribution is -0.114. The fourth-order valence-electron chi connectivity index (χ4n) is 1.58. The molecule has 0 aliphatic rings. The second-order valence-corrected chi connectivity index (χ2v) is 3.93. The lowest BCUT2D eigenvalue weighted by Gasteiger charge is -2.19. The normalized spacial score (nSPS) is 9.87. The van der Waals surface area contributed by atoms with Crippen LogP contribution in [-0.4, -0.2) is 13.0 Å². The van der Waals surface area contributed by atoms with E-state index in [-0.39, 0.29) is 5.91 Å². The molecule has 0 aliphatic heterocycles. The maximum absolute atomic E-state index is 11.7. The van der Waals surface area contributed by atoms with Crippen molar-refractivity contribution < 1.29 is 4.79 Å². The van der Waals surface area contributed by atoms with E-state index in [1.54, 1.807) is 18.9 Å². The molecular weight excluding hydrogens is 186 g/mol. The third-order valence-corrected chi connectivity index (χ3v) is 2.38. The average Bonchev–Trinajstić information content (AvgIpc) is 2.15. The largest absolute Gasteiger partial charge is 0.311 e. The van der Waals surface area contributed by atoms with Crippen molar-refractivity contribution in [2.45, 2.75) is 20.8 Å². The van der Waals surface area contributed by atoms with Crippen molar-refractivity contribution in [3.05, 3.63) is 41.5 Å². The Morgan fingerprint density at radius 2 is 1.93 bits per heavy atom. The molecule has 0 radical (unpaired) electrons. The highest BCUT2D eigenvalue weighted by Gasteiger charge is 2.12. The molecule has 0 aromatic heterocycles. The van der Waals surface area contributed by atoms with Gasteiger partial charge in [-0.25, -0.2) is 0 Å². The Balaban J connectivity index is 3.06. The molecule has 0 unspecified atom stereocenters. The van der Waals surface area contributed by atoms with Gasteiger partial charge >= 0.3 is 0 Å². The summed E-state index contributed by atoms with van der Waals surface area (Å²) < 4.78 is 0. The molecule has 0 spiro atoms. The van der Waals surface area contributed by atoms with Gasteiger partial charge in [-0.1, -0.05) is 24.3 Å². The van der Waals surface area contributed by atoms with Crippen LogP contribution in [0.25, 0.3) is 0 Å². The summed E-state index contributed by atoms with van der Waals surface area (Å²) in [5.41, 5.74) is 3.80. The van der Waals surface area contributed by atoms with Gasteiger partial charge in [0.25, 0.3) is 5.91 Å². The number of likely N-dealkylation sites (N-methyl/N-ethyl adjacent to an activating group) is 1. The van der Waals surface area contributed by atoms with Gasteiger partial charge in [0, 0.05) is 18.3 Å². The second-order valence-electron chi connectivity index (χ2n) is 3.93. The number of aryl methyl sites for hydroxylation is 2. The van der Waals surface area contributed by atoms with Gasteiger partial charge in [-0.3, -0.25) is 4.79 Å². The van der Waals surface area contributed by atoms with Gasteiger partial charge in [-0.2, -0.15) is 0 Å². The highest BCUT2D eigenvalue weighted by Crippen LogP contribution is 2.20. The van der Waals surface area contributed by atoms with Gasteiger partial charge in [-0.15, -0.1) is 0 Å². The molecular formula is C13H17NO. The van der Waals surface area contributed by atoms with Crippen molar-refractivity contribution in [1.29, 1.82) is 0 Å². The Hall–Kier alpha value is -1.57. The standard InChI is InChI=1S/C13H17NO/c1-9(2)13(15)14(5)12-7-6-10(3)8-11(12)4/h6-8H,1H2,2-5H3. The third kappa shape index (κ3) is 2.46. The highest BCUT2D eigenvalue weighted by molar-refractivity contribution is 6.04. The minimum Gasteiger partial charge on any atom is -0.311 e. The van der Waals surface area contributed by atoms with E-state index in [2.05, 4.69) is 12.6 Å². The maximum atomic E-state index is 11.7. The summed E-state index contributed by atoms with van der Waals surface area (Å²) in [5, 5.41) is 0. The van der Waals surface area contributed by atoms with Gasteiger partial charge in [0.15, 0.2) is 0 Å². The van der Waals surface area contributed by atoms with Crippen molar-refractivity contribution >= 4 is 11.6 Å². The Kier molecular flexibility index (Phi) is 3.30. The number of benzene rings is 1. The van der Waals surface area contributed by atoms with Crippen LogP contribution in [-0.2, 0) is 4.79 Å². The first kappa shape index (κ1) is 11.5. The summed E-state index contributed by atoms with van der Waals surface area (Å²) in [6, 6.07) is 6.04. The lowest BCUT2D eigenvalue weighted by atomic mass is 10.1. The molecule has 0 atom stereocenters. The van der Waals surface area contributed by atoms with Crippen molar-refractivity contribution in [3.63, 3.8) is 0 Å². The monoisotopic (exact) mass is 203 g/mol. The maximum Gasteiger partial charge on any atom is 0.253 e. The number of amides is 1. The summed E-state index contributed by atoms with van der Waals surface area (Å²) in [6.45, 7) is 9.43. The van der Waals surface area contributed by atoms with Crippen LogP contribution in [0.1, 0.15) is 18.1 Å². The Morgan fingerprint density at radius 3 is 2.40 bits per heavy atom. The molecule has 2 nitrogen and oxygen atoms in total.